The molecule has 0 amide bonds. The summed E-state index contributed by atoms with van der Waals surface area (Å²) in [6.07, 6.45) is 5.41. The van der Waals surface area contributed by atoms with E-state index >= 15 is 0 Å². The summed E-state index contributed by atoms with van der Waals surface area (Å²) in [5, 5.41) is 13.0. The Hall–Kier alpha value is -0.603. The summed E-state index contributed by atoms with van der Waals surface area (Å²) in [4.78, 5) is 0. The van der Waals surface area contributed by atoms with Crippen molar-refractivity contribution >= 4 is 13.3 Å². The van der Waals surface area contributed by atoms with Gasteiger partial charge in [0.25, 0.3) is 0 Å². The first-order valence-electron chi connectivity index (χ1n) is 8.99. The minimum atomic E-state index is -2.00. The summed E-state index contributed by atoms with van der Waals surface area (Å²) in [5.74, 6) is 2.10. The van der Waals surface area contributed by atoms with Gasteiger partial charge in [-0.2, -0.15) is 0 Å². The fraction of sp³-hybridized carbons (Fsp3) is 0.700. The van der Waals surface area contributed by atoms with Crippen LogP contribution < -0.4 is 5.19 Å². The van der Waals surface area contributed by atoms with Crippen LogP contribution in [0.1, 0.15) is 46.5 Å². The Morgan fingerprint density at radius 3 is 1.91 bits per heavy atom. The van der Waals surface area contributed by atoms with Crippen LogP contribution in [0.4, 0.5) is 0 Å². The molecule has 2 saturated carbocycles. The summed E-state index contributed by atoms with van der Waals surface area (Å²) in [7, 11) is -2.00. The SMILES string of the molecule is CC(C)(C)[C@](O)(C1[C@H]2CCCC[C@@H]12)[Si](C)(C)c1ccccc1. The molecule has 122 valence electrons. The maximum atomic E-state index is 12.2. The first kappa shape index (κ1) is 16.3. The Balaban J connectivity index is 2.04. The van der Waals surface area contributed by atoms with Crippen LogP contribution in [0.5, 0.6) is 0 Å². The summed E-state index contributed by atoms with van der Waals surface area (Å²) in [6, 6.07) is 10.8. The largest absolute Gasteiger partial charge is 0.392 e. The second-order valence-electron chi connectivity index (χ2n) is 9.15. The van der Waals surface area contributed by atoms with Crippen molar-refractivity contribution in [1.29, 1.82) is 0 Å². The molecule has 1 aromatic rings. The molecule has 1 aromatic carbocycles. The van der Waals surface area contributed by atoms with Crippen molar-refractivity contribution in [2.24, 2.45) is 23.2 Å². The zero-order valence-electron chi connectivity index (χ0n) is 14.9. The predicted octanol–water partition coefficient (Wildman–Crippen LogP) is 4.35. The summed E-state index contributed by atoms with van der Waals surface area (Å²) in [5.41, 5.74) is -0.0689. The molecule has 0 radical (unpaired) electrons. The molecule has 2 aliphatic carbocycles. The monoisotopic (exact) mass is 316 g/mol. The topological polar surface area (TPSA) is 20.2 Å². The number of aliphatic hydroxyl groups is 1. The van der Waals surface area contributed by atoms with Crippen molar-refractivity contribution in [3.05, 3.63) is 30.3 Å². The second kappa shape index (κ2) is 5.21. The maximum Gasteiger partial charge on any atom is 0.118 e. The van der Waals surface area contributed by atoms with E-state index in [9.17, 15) is 5.11 Å². The highest BCUT2D eigenvalue weighted by Crippen LogP contribution is 2.65. The van der Waals surface area contributed by atoms with E-state index in [2.05, 4.69) is 64.2 Å². The van der Waals surface area contributed by atoms with Gasteiger partial charge >= 0.3 is 0 Å². The summed E-state index contributed by atoms with van der Waals surface area (Å²) >= 11 is 0. The first-order chi connectivity index (χ1) is 10.2. The molecular formula is C20H32OSi. The maximum absolute atomic E-state index is 12.2. The molecule has 3 rings (SSSR count). The molecule has 0 bridgehead atoms. The molecule has 0 aliphatic heterocycles. The molecule has 22 heavy (non-hydrogen) atoms. The van der Waals surface area contributed by atoms with E-state index < -0.39 is 13.3 Å². The zero-order chi connectivity index (χ0) is 16.2. The number of hydrogen-bond donors (Lipinski definition) is 1. The minimum Gasteiger partial charge on any atom is -0.392 e. The predicted molar refractivity (Wildman–Crippen MR) is 96.9 cm³/mol. The van der Waals surface area contributed by atoms with Crippen LogP contribution >= 0.6 is 0 Å². The Bertz CT molecular complexity index is 518. The van der Waals surface area contributed by atoms with E-state index in [1.54, 1.807) is 0 Å². The van der Waals surface area contributed by atoms with Crippen molar-refractivity contribution in [3.8, 4) is 0 Å². The van der Waals surface area contributed by atoms with E-state index in [1.165, 1.54) is 30.9 Å². The molecule has 0 saturated heterocycles. The number of benzene rings is 1. The molecule has 2 heteroatoms. The highest BCUT2D eigenvalue weighted by molar-refractivity contribution is 6.92. The zero-order valence-corrected chi connectivity index (χ0v) is 15.9. The van der Waals surface area contributed by atoms with E-state index in [4.69, 9.17) is 0 Å². The van der Waals surface area contributed by atoms with Crippen molar-refractivity contribution in [2.75, 3.05) is 0 Å². The van der Waals surface area contributed by atoms with Crippen molar-refractivity contribution in [2.45, 2.75) is 64.8 Å². The van der Waals surface area contributed by atoms with Crippen LogP contribution in [0, 0.1) is 23.2 Å². The van der Waals surface area contributed by atoms with Gasteiger partial charge in [-0.15, -0.1) is 0 Å². The smallest absolute Gasteiger partial charge is 0.118 e. The van der Waals surface area contributed by atoms with Gasteiger partial charge in [0.2, 0.25) is 0 Å². The molecule has 0 spiro atoms. The Morgan fingerprint density at radius 1 is 0.955 bits per heavy atom. The van der Waals surface area contributed by atoms with E-state index in [-0.39, 0.29) is 5.41 Å². The quantitative estimate of drug-likeness (QED) is 0.822. The Labute approximate surface area is 137 Å². The van der Waals surface area contributed by atoms with Gasteiger partial charge < -0.3 is 5.11 Å². The molecule has 2 aliphatic rings. The fourth-order valence-corrected chi connectivity index (χ4v) is 10.1. The molecule has 1 N–H and O–H groups in total. The van der Waals surface area contributed by atoms with Gasteiger partial charge in [0, 0.05) is 0 Å². The molecule has 2 fully saturated rings. The first-order valence-corrected chi connectivity index (χ1v) is 12.0. The molecule has 0 aromatic heterocycles. The van der Waals surface area contributed by atoms with Gasteiger partial charge in [0.15, 0.2) is 0 Å². The molecule has 1 unspecified atom stereocenters. The summed E-state index contributed by atoms with van der Waals surface area (Å²) in [6.45, 7) is 11.6. The molecule has 1 nitrogen and oxygen atoms in total. The van der Waals surface area contributed by atoms with Crippen LogP contribution in [-0.4, -0.2) is 18.4 Å². The van der Waals surface area contributed by atoms with Crippen molar-refractivity contribution in [1.82, 2.24) is 0 Å². The van der Waals surface area contributed by atoms with Gasteiger partial charge in [0.1, 0.15) is 8.07 Å². The van der Waals surface area contributed by atoms with Crippen molar-refractivity contribution in [3.63, 3.8) is 0 Å². The minimum absolute atomic E-state index is 0.0689. The lowest BCUT2D eigenvalue weighted by Gasteiger charge is -2.51. The highest BCUT2D eigenvalue weighted by Gasteiger charge is 2.69. The van der Waals surface area contributed by atoms with Crippen LogP contribution in [0.3, 0.4) is 0 Å². The van der Waals surface area contributed by atoms with Gasteiger partial charge in [0.05, 0.1) is 5.22 Å². The molecule has 4 atom stereocenters. The van der Waals surface area contributed by atoms with Crippen molar-refractivity contribution < 1.29 is 5.11 Å². The highest BCUT2D eigenvalue weighted by atomic mass is 28.3. The van der Waals surface area contributed by atoms with Gasteiger partial charge in [-0.1, -0.05) is 82.2 Å². The third-order valence-electron chi connectivity index (χ3n) is 6.73. The van der Waals surface area contributed by atoms with E-state index in [0.717, 1.165) is 11.8 Å². The lowest BCUT2D eigenvalue weighted by atomic mass is 9.84. The number of fused-ring (bicyclic) bond motifs is 1. The third kappa shape index (κ3) is 2.22. The average molecular weight is 317 g/mol. The van der Waals surface area contributed by atoms with Crippen LogP contribution in [0.15, 0.2) is 30.3 Å². The lowest BCUT2D eigenvalue weighted by Crippen LogP contribution is -2.69. The average Bonchev–Trinajstić information content (AvgIpc) is 3.20. The number of rotatable bonds is 3. The van der Waals surface area contributed by atoms with Crippen LogP contribution in [-0.2, 0) is 0 Å². The normalized spacial score (nSPS) is 31.3. The van der Waals surface area contributed by atoms with E-state index in [0.29, 0.717) is 5.92 Å². The van der Waals surface area contributed by atoms with Crippen LogP contribution in [0.2, 0.25) is 13.1 Å². The summed E-state index contributed by atoms with van der Waals surface area (Å²) < 4.78 is 0. The van der Waals surface area contributed by atoms with Crippen LogP contribution in [0.25, 0.3) is 0 Å². The van der Waals surface area contributed by atoms with Gasteiger partial charge in [-0.25, -0.2) is 0 Å². The van der Waals surface area contributed by atoms with Gasteiger partial charge in [-0.3, -0.25) is 0 Å². The molecule has 0 heterocycles. The third-order valence-corrected chi connectivity index (χ3v) is 11.5. The second-order valence-corrected chi connectivity index (χ2v) is 13.7. The van der Waals surface area contributed by atoms with Gasteiger partial charge in [-0.05, 0) is 36.0 Å². The standard InChI is InChI=1S/C20H32OSi/c1-19(2,3)20(21,18-16-13-9-10-14-17(16)18)22(4,5)15-11-7-6-8-12-15/h6-8,11-12,16-18,21H,9-10,13-14H2,1-5H3/t16-,17+,18?,20-/m0/s1. The number of hydrogen-bond acceptors (Lipinski definition) is 1. The lowest BCUT2D eigenvalue weighted by molar-refractivity contribution is -0.0176. The Morgan fingerprint density at radius 2 is 1.45 bits per heavy atom. The Kier molecular flexibility index (Phi) is 3.85. The van der Waals surface area contributed by atoms with E-state index in [1.807, 2.05) is 0 Å². The molecular weight excluding hydrogens is 284 g/mol. The fourth-order valence-electron chi connectivity index (χ4n) is 5.54.